The molecule has 0 radical (unpaired) electrons. The monoisotopic (exact) mass is 536 g/mol. The molecule has 0 N–H and O–H groups in total. The van der Waals surface area contributed by atoms with Crippen molar-refractivity contribution in [2.75, 3.05) is 0 Å². The molecule has 9 rings (SSSR count). The second-order valence-corrected chi connectivity index (χ2v) is 10.6. The summed E-state index contributed by atoms with van der Waals surface area (Å²) in [5, 5.41) is 4.93. The van der Waals surface area contributed by atoms with E-state index in [1.165, 1.54) is 32.6 Å². The van der Waals surface area contributed by atoms with Crippen molar-refractivity contribution in [3.05, 3.63) is 146 Å². The number of benzene rings is 5. The summed E-state index contributed by atoms with van der Waals surface area (Å²) in [7, 11) is 0. The van der Waals surface area contributed by atoms with Crippen molar-refractivity contribution in [2.45, 2.75) is 0 Å². The quantitative estimate of drug-likeness (QED) is 0.225. The molecule has 0 spiro atoms. The molecule has 0 saturated carbocycles. The maximum Gasteiger partial charge on any atom is 0.113 e. The zero-order valence-corrected chi connectivity index (χ0v) is 22.6. The number of nitrogens with zero attached hydrogens (tertiary/aromatic N) is 4. The second-order valence-electron chi connectivity index (χ2n) is 10.6. The number of hydrogen-bond acceptors (Lipinski definition) is 2. The average molecular weight is 537 g/mol. The average Bonchev–Trinajstić information content (AvgIpc) is 3.58. The lowest BCUT2D eigenvalue weighted by Crippen LogP contribution is -1.99. The first kappa shape index (κ1) is 23.0. The predicted molar refractivity (Wildman–Crippen MR) is 174 cm³/mol. The van der Waals surface area contributed by atoms with Gasteiger partial charge in [0.05, 0.1) is 33.3 Å². The third-order valence-electron chi connectivity index (χ3n) is 8.41. The van der Waals surface area contributed by atoms with Gasteiger partial charge in [-0.2, -0.15) is 0 Å². The maximum atomic E-state index is 4.91. The largest absolute Gasteiger partial charge is 0.309 e. The van der Waals surface area contributed by atoms with Gasteiger partial charge >= 0.3 is 0 Å². The van der Waals surface area contributed by atoms with E-state index >= 15 is 0 Å². The first-order chi connectivity index (χ1) is 20.9. The summed E-state index contributed by atoms with van der Waals surface area (Å²) in [6, 6.07) is 47.2. The molecule has 4 nitrogen and oxygen atoms in total. The molecule has 5 aromatic carbocycles. The Bertz CT molecular complexity index is 2450. The van der Waals surface area contributed by atoms with Crippen LogP contribution >= 0.6 is 0 Å². The Morgan fingerprint density at radius 3 is 1.88 bits per heavy atom. The zero-order valence-electron chi connectivity index (χ0n) is 22.6. The number of aromatic nitrogens is 4. The van der Waals surface area contributed by atoms with Crippen LogP contribution in [0.3, 0.4) is 0 Å². The molecule has 0 fully saturated rings. The van der Waals surface area contributed by atoms with Crippen molar-refractivity contribution < 1.29 is 0 Å². The summed E-state index contributed by atoms with van der Waals surface area (Å²) < 4.78 is 4.78. The molecule has 0 amide bonds. The van der Waals surface area contributed by atoms with Crippen molar-refractivity contribution in [1.29, 1.82) is 0 Å². The molecule has 0 unspecified atom stereocenters. The molecule has 0 aliphatic rings. The van der Waals surface area contributed by atoms with E-state index in [1.807, 2.05) is 18.5 Å². The van der Waals surface area contributed by atoms with E-state index in [1.54, 1.807) is 0 Å². The molecule has 196 valence electrons. The third-order valence-corrected chi connectivity index (χ3v) is 8.41. The Morgan fingerprint density at radius 1 is 0.429 bits per heavy atom. The molecule has 0 saturated heterocycles. The minimum absolute atomic E-state index is 0.880. The predicted octanol–water partition coefficient (Wildman–Crippen LogP) is 9.49. The molecular formula is C38H24N4. The van der Waals surface area contributed by atoms with Gasteiger partial charge in [-0.1, -0.05) is 91.0 Å². The Balaban J connectivity index is 1.45. The highest BCUT2D eigenvalue weighted by atomic mass is 15.0. The van der Waals surface area contributed by atoms with Gasteiger partial charge in [0.1, 0.15) is 5.52 Å². The van der Waals surface area contributed by atoms with Crippen molar-refractivity contribution in [3.8, 4) is 22.5 Å². The zero-order chi connectivity index (χ0) is 27.6. The van der Waals surface area contributed by atoms with Crippen LogP contribution in [0, 0.1) is 0 Å². The summed E-state index contributed by atoms with van der Waals surface area (Å²) in [6.45, 7) is 0. The highest BCUT2D eigenvalue weighted by molar-refractivity contribution is 6.26. The van der Waals surface area contributed by atoms with Crippen LogP contribution in [0.2, 0.25) is 0 Å². The second kappa shape index (κ2) is 8.88. The molecular weight excluding hydrogens is 512 g/mol. The lowest BCUT2D eigenvalue weighted by atomic mass is 10.0. The van der Waals surface area contributed by atoms with Gasteiger partial charge in [-0.05, 0) is 48.0 Å². The topological polar surface area (TPSA) is 35.6 Å². The van der Waals surface area contributed by atoms with Gasteiger partial charge in [0.15, 0.2) is 0 Å². The molecule has 0 atom stereocenters. The summed E-state index contributed by atoms with van der Waals surface area (Å²) in [5.41, 5.74) is 10.9. The van der Waals surface area contributed by atoms with Crippen LogP contribution in [-0.4, -0.2) is 19.1 Å². The Morgan fingerprint density at radius 2 is 1.07 bits per heavy atom. The number of pyridine rings is 2. The summed E-state index contributed by atoms with van der Waals surface area (Å²) in [4.78, 5) is 9.75. The number of rotatable bonds is 3. The van der Waals surface area contributed by atoms with Crippen molar-refractivity contribution in [3.63, 3.8) is 0 Å². The summed E-state index contributed by atoms with van der Waals surface area (Å²) >= 11 is 0. The van der Waals surface area contributed by atoms with Gasteiger partial charge in [0.2, 0.25) is 0 Å². The van der Waals surface area contributed by atoms with Gasteiger partial charge in [-0.25, -0.2) is 0 Å². The van der Waals surface area contributed by atoms with Crippen LogP contribution in [0.25, 0.3) is 77.1 Å². The van der Waals surface area contributed by atoms with E-state index in [0.29, 0.717) is 0 Å². The van der Waals surface area contributed by atoms with Crippen molar-refractivity contribution >= 4 is 54.6 Å². The molecule has 0 bridgehead atoms. The van der Waals surface area contributed by atoms with Gasteiger partial charge in [-0.3, -0.25) is 9.97 Å². The van der Waals surface area contributed by atoms with Crippen LogP contribution in [0.1, 0.15) is 0 Å². The fourth-order valence-electron chi connectivity index (χ4n) is 6.68. The van der Waals surface area contributed by atoms with E-state index in [4.69, 9.17) is 9.97 Å². The Hall–Kier alpha value is -5.74. The van der Waals surface area contributed by atoms with Crippen LogP contribution in [0.5, 0.6) is 0 Å². The molecule has 42 heavy (non-hydrogen) atoms. The molecule has 0 aliphatic carbocycles. The van der Waals surface area contributed by atoms with Crippen LogP contribution in [0.4, 0.5) is 0 Å². The number of fused-ring (bicyclic) bond motifs is 8. The normalized spacial score (nSPS) is 11.8. The molecule has 9 aromatic rings. The number of hydrogen-bond donors (Lipinski definition) is 0. The third kappa shape index (κ3) is 3.17. The first-order valence-electron chi connectivity index (χ1n) is 14.2. The SMILES string of the molecule is c1ccc(-c2ccnc3c(-n4c5ccccc5c5c4ccc4c6ccccc6n(-c6ccccc6)c45)ccnc23)cc1. The van der Waals surface area contributed by atoms with E-state index in [2.05, 4.69) is 137 Å². The highest BCUT2D eigenvalue weighted by Crippen LogP contribution is 2.42. The van der Waals surface area contributed by atoms with Crippen molar-refractivity contribution in [2.24, 2.45) is 0 Å². The lowest BCUT2D eigenvalue weighted by molar-refractivity contribution is 1.16. The maximum absolute atomic E-state index is 4.91. The molecule has 0 aliphatic heterocycles. The van der Waals surface area contributed by atoms with E-state index in [9.17, 15) is 0 Å². The minimum atomic E-state index is 0.880. The van der Waals surface area contributed by atoms with E-state index < -0.39 is 0 Å². The van der Waals surface area contributed by atoms with E-state index in [0.717, 1.165) is 44.6 Å². The Kier molecular flexibility index (Phi) is 4.87. The Labute approximate surface area is 241 Å². The standard InChI is InChI=1S/C38H24N4/c1-3-11-25(12-4-1)27-21-23-40-37-34(22-24-39-36(27)37)42-32-18-10-8-16-30(32)35-33(42)20-19-29-28-15-7-9-17-31(28)41(38(29)35)26-13-5-2-6-14-26/h1-24H. The lowest BCUT2D eigenvalue weighted by Gasteiger charge is -2.13. The van der Waals surface area contributed by atoms with Crippen LogP contribution in [-0.2, 0) is 0 Å². The van der Waals surface area contributed by atoms with E-state index in [-0.39, 0.29) is 0 Å². The first-order valence-corrected chi connectivity index (χ1v) is 14.2. The summed E-state index contributed by atoms with van der Waals surface area (Å²) in [5.74, 6) is 0. The molecule has 4 heterocycles. The molecule has 4 aromatic heterocycles. The minimum Gasteiger partial charge on any atom is -0.309 e. The van der Waals surface area contributed by atoms with Gasteiger partial charge in [0, 0.05) is 45.2 Å². The number of para-hydroxylation sites is 3. The fraction of sp³-hybridized carbons (Fsp3) is 0. The highest BCUT2D eigenvalue weighted by Gasteiger charge is 2.22. The molecule has 4 heteroatoms. The van der Waals surface area contributed by atoms with Gasteiger partial charge < -0.3 is 9.13 Å². The van der Waals surface area contributed by atoms with Crippen LogP contribution < -0.4 is 0 Å². The van der Waals surface area contributed by atoms with Gasteiger partial charge in [-0.15, -0.1) is 0 Å². The van der Waals surface area contributed by atoms with Gasteiger partial charge in [0.25, 0.3) is 0 Å². The smallest absolute Gasteiger partial charge is 0.113 e. The summed E-state index contributed by atoms with van der Waals surface area (Å²) in [6.07, 6.45) is 3.81. The van der Waals surface area contributed by atoms with Crippen molar-refractivity contribution in [1.82, 2.24) is 19.1 Å². The fourth-order valence-corrected chi connectivity index (χ4v) is 6.68. The van der Waals surface area contributed by atoms with Crippen LogP contribution in [0.15, 0.2) is 146 Å².